The van der Waals surface area contributed by atoms with Crippen molar-refractivity contribution in [3.63, 3.8) is 0 Å². The lowest BCUT2D eigenvalue weighted by molar-refractivity contribution is -0.122. The molecule has 5 heteroatoms. The molecule has 0 radical (unpaired) electrons. The van der Waals surface area contributed by atoms with E-state index in [2.05, 4.69) is 17.6 Å². The van der Waals surface area contributed by atoms with Crippen LogP contribution in [0.3, 0.4) is 0 Å². The molecule has 104 valence electrons. The Morgan fingerprint density at radius 2 is 2.28 bits per heavy atom. The first-order valence-corrected chi connectivity index (χ1v) is 7.99. The molecule has 2 saturated heterocycles. The third-order valence-electron chi connectivity index (χ3n) is 3.84. The van der Waals surface area contributed by atoms with Crippen LogP contribution in [0.15, 0.2) is 0 Å². The molecule has 1 unspecified atom stereocenters. The van der Waals surface area contributed by atoms with E-state index < -0.39 is 0 Å². The van der Waals surface area contributed by atoms with Crippen LogP contribution in [0.2, 0.25) is 0 Å². The van der Waals surface area contributed by atoms with Gasteiger partial charge in [0.2, 0.25) is 5.91 Å². The van der Waals surface area contributed by atoms with Crippen molar-refractivity contribution in [1.82, 2.24) is 10.6 Å². The van der Waals surface area contributed by atoms with Crippen LogP contribution < -0.4 is 10.6 Å². The van der Waals surface area contributed by atoms with Crippen molar-refractivity contribution in [3.05, 3.63) is 0 Å². The normalized spacial score (nSPS) is 27.7. The second-order valence-electron chi connectivity index (χ2n) is 5.63. The van der Waals surface area contributed by atoms with E-state index in [0.717, 1.165) is 50.7 Å². The average molecular weight is 272 g/mol. The minimum Gasteiger partial charge on any atom is -0.381 e. The van der Waals surface area contributed by atoms with Crippen molar-refractivity contribution in [1.29, 1.82) is 0 Å². The molecule has 0 aromatic heterocycles. The lowest BCUT2D eigenvalue weighted by Crippen LogP contribution is -2.44. The molecule has 2 aliphatic rings. The van der Waals surface area contributed by atoms with E-state index in [1.54, 1.807) is 0 Å². The van der Waals surface area contributed by atoms with Crippen LogP contribution in [0.5, 0.6) is 0 Å². The predicted molar refractivity (Wildman–Crippen MR) is 74.9 cm³/mol. The molecule has 2 N–H and O–H groups in total. The van der Waals surface area contributed by atoms with Gasteiger partial charge in [-0.3, -0.25) is 4.79 Å². The summed E-state index contributed by atoms with van der Waals surface area (Å²) < 4.78 is 5.37. The van der Waals surface area contributed by atoms with Crippen molar-refractivity contribution in [2.24, 2.45) is 5.41 Å². The second kappa shape index (κ2) is 6.78. The summed E-state index contributed by atoms with van der Waals surface area (Å²) in [6.45, 7) is 5.71. The smallest absolute Gasteiger partial charge is 0.221 e. The standard InChI is InChI=1S/C13H24N2O2S/c1-13(2-5-17-6-3-13)10-15-12(16)8-11-9-18-7-4-14-11/h11,14H,2-10H2,1H3,(H,15,16). The van der Waals surface area contributed by atoms with E-state index in [9.17, 15) is 4.79 Å². The molecule has 0 aromatic rings. The summed E-state index contributed by atoms with van der Waals surface area (Å²) in [6, 6.07) is 0.353. The maximum Gasteiger partial charge on any atom is 0.221 e. The van der Waals surface area contributed by atoms with Gasteiger partial charge in [0, 0.05) is 50.3 Å². The van der Waals surface area contributed by atoms with Gasteiger partial charge in [0.25, 0.3) is 0 Å². The van der Waals surface area contributed by atoms with Gasteiger partial charge in [-0.2, -0.15) is 11.8 Å². The fourth-order valence-corrected chi connectivity index (χ4v) is 3.35. The molecule has 2 heterocycles. The summed E-state index contributed by atoms with van der Waals surface area (Å²) in [5.74, 6) is 2.40. The van der Waals surface area contributed by atoms with Gasteiger partial charge < -0.3 is 15.4 Å². The highest BCUT2D eigenvalue weighted by atomic mass is 32.2. The zero-order valence-electron chi connectivity index (χ0n) is 11.2. The fourth-order valence-electron chi connectivity index (χ4n) is 2.40. The second-order valence-corrected chi connectivity index (χ2v) is 6.78. The molecule has 4 nitrogen and oxygen atoms in total. The van der Waals surface area contributed by atoms with Gasteiger partial charge in [-0.25, -0.2) is 0 Å². The lowest BCUT2D eigenvalue weighted by Gasteiger charge is -2.33. The first-order chi connectivity index (χ1) is 8.68. The molecule has 2 rings (SSSR count). The molecular weight excluding hydrogens is 248 g/mol. The summed E-state index contributed by atoms with van der Waals surface area (Å²) >= 11 is 1.93. The van der Waals surface area contributed by atoms with Crippen molar-refractivity contribution in [2.75, 3.05) is 37.8 Å². The Hall–Kier alpha value is -0.260. The van der Waals surface area contributed by atoms with E-state index in [-0.39, 0.29) is 11.3 Å². The number of hydrogen-bond donors (Lipinski definition) is 2. The zero-order chi connectivity index (χ0) is 12.8. The topological polar surface area (TPSA) is 50.4 Å². The summed E-state index contributed by atoms with van der Waals surface area (Å²) in [6.07, 6.45) is 2.70. The van der Waals surface area contributed by atoms with Crippen LogP contribution in [0, 0.1) is 5.41 Å². The Kier molecular flexibility index (Phi) is 5.33. The molecule has 18 heavy (non-hydrogen) atoms. The Labute approximate surface area is 114 Å². The van der Waals surface area contributed by atoms with Gasteiger partial charge in [0.1, 0.15) is 0 Å². The molecule has 1 amide bonds. The van der Waals surface area contributed by atoms with Gasteiger partial charge in [0.05, 0.1) is 0 Å². The van der Waals surface area contributed by atoms with Gasteiger partial charge in [-0.1, -0.05) is 6.92 Å². The van der Waals surface area contributed by atoms with E-state index in [1.165, 1.54) is 0 Å². The molecule has 0 spiro atoms. The molecule has 1 atom stereocenters. The fraction of sp³-hybridized carbons (Fsp3) is 0.923. The monoisotopic (exact) mass is 272 g/mol. The molecule has 2 aliphatic heterocycles. The summed E-state index contributed by atoms with van der Waals surface area (Å²) in [5.41, 5.74) is 0.225. The van der Waals surface area contributed by atoms with Crippen molar-refractivity contribution in [2.45, 2.75) is 32.2 Å². The van der Waals surface area contributed by atoms with Crippen molar-refractivity contribution >= 4 is 17.7 Å². The maximum atomic E-state index is 11.9. The Morgan fingerprint density at radius 1 is 1.50 bits per heavy atom. The minimum absolute atomic E-state index is 0.183. The summed E-state index contributed by atoms with van der Waals surface area (Å²) in [4.78, 5) is 11.9. The quantitative estimate of drug-likeness (QED) is 0.802. The highest BCUT2D eigenvalue weighted by molar-refractivity contribution is 7.99. The average Bonchev–Trinajstić information content (AvgIpc) is 2.39. The van der Waals surface area contributed by atoms with E-state index in [1.807, 2.05) is 11.8 Å². The minimum atomic E-state index is 0.183. The number of nitrogens with one attached hydrogen (secondary N) is 2. The highest BCUT2D eigenvalue weighted by Crippen LogP contribution is 2.28. The first-order valence-electron chi connectivity index (χ1n) is 6.84. The first kappa shape index (κ1) is 14.2. The third-order valence-corrected chi connectivity index (χ3v) is 4.97. The van der Waals surface area contributed by atoms with Crippen molar-refractivity contribution < 1.29 is 9.53 Å². The molecule has 2 fully saturated rings. The lowest BCUT2D eigenvalue weighted by atomic mass is 9.82. The Morgan fingerprint density at radius 3 is 2.94 bits per heavy atom. The van der Waals surface area contributed by atoms with Gasteiger partial charge >= 0.3 is 0 Å². The van der Waals surface area contributed by atoms with Gasteiger partial charge in [-0.15, -0.1) is 0 Å². The highest BCUT2D eigenvalue weighted by Gasteiger charge is 2.28. The third kappa shape index (κ3) is 4.44. The zero-order valence-corrected chi connectivity index (χ0v) is 12.0. The molecule has 0 bridgehead atoms. The van der Waals surface area contributed by atoms with Crippen LogP contribution in [-0.4, -0.2) is 49.8 Å². The predicted octanol–water partition coefficient (Wildman–Crippen LogP) is 1.01. The maximum absolute atomic E-state index is 11.9. The van der Waals surface area contributed by atoms with Crippen LogP contribution in [0.4, 0.5) is 0 Å². The van der Waals surface area contributed by atoms with Gasteiger partial charge in [0.15, 0.2) is 0 Å². The number of thioether (sulfide) groups is 1. The number of amides is 1. The number of rotatable bonds is 4. The number of carbonyl (C=O) groups is 1. The van der Waals surface area contributed by atoms with Crippen LogP contribution in [0.25, 0.3) is 0 Å². The van der Waals surface area contributed by atoms with Crippen molar-refractivity contribution in [3.8, 4) is 0 Å². The molecule has 0 aromatic carbocycles. The van der Waals surface area contributed by atoms with E-state index >= 15 is 0 Å². The Bertz CT molecular complexity index is 274. The van der Waals surface area contributed by atoms with Crippen LogP contribution in [0.1, 0.15) is 26.2 Å². The van der Waals surface area contributed by atoms with Crippen LogP contribution in [-0.2, 0) is 9.53 Å². The largest absolute Gasteiger partial charge is 0.381 e. The number of hydrogen-bond acceptors (Lipinski definition) is 4. The summed E-state index contributed by atoms with van der Waals surface area (Å²) in [7, 11) is 0. The Balaban J connectivity index is 1.67. The molecule has 0 aliphatic carbocycles. The number of ether oxygens (including phenoxy) is 1. The molecule has 0 saturated carbocycles. The van der Waals surface area contributed by atoms with E-state index in [0.29, 0.717) is 12.5 Å². The number of carbonyl (C=O) groups excluding carboxylic acids is 1. The van der Waals surface area contributed by atoms with E-state index in [4.69, 9.17) is 4.74 Å². The SMILES string of the molecule is CC1(CNC(=O)CC2CSCCN2)CCOCC1. The van der Waals surface area contributed by atoms with Gasteiger partial charge in [-0.05, 0) is 18.3 Å². The molecular formula is C13H24N2O2S. The van der Waals surface area contributed by atoms with Crippen LogP contribution >= 0.6 is 11.8 Å². The summed E-state index contributed by atoms with van der Waals surface area (Å²) in [5, 5.41) is 6.49.